The third-order valence-electron chi connectivity index (χ3n) is 3.52. The summed E-state index contributed by atoms with van der Waals surface area (Å²) in [7, 11) is 0. The fourth-order valence-electron chi connectivity index (χ4n) is 2.40. The summed E-state index contributed by atoms with van der Waals surface area (Å²) in [4.78, 5) is 11.5. The van der Waals surface area contributed by atoms with Gasteiger partial charge < -0.3 is 15.7 Å². The summed E-state index contributed by atoms with van der Waals surface area (Å²) in [5.74, 6) is 1.23. The first-order valence-corrected chi connectivity index (χ1v) is 7.23. The van der Waals surface area contributed by atoms with E-state index >= 15 is 0 Å². The highest BCUT2D eigenvalue weighted by molar-refractivity contribution is 5.77. The minimum absolute atomic E-state index is 0.0759. The van der Waals surface area contributed by atoms with E-state index in [-0.39, 0.29) is 12.0 Å². The molecule has 0 radical (unpaired) electrons. The minimum Gasteiger partial charge on any atom is -0.393 e. The van der Waals surface area contributed by atoms with E-state index in [4.69, 9.17) is 0 Å². The molecule has 1 aliphatic carbocycles. The van der Waals surface area contributed by atoms with Crippen LogP contribution in [0, 0.1) is 11.8 Å². The zero-order valence-electron chi connectivity index (χ0n) is 11.7. The van der Waals surface area contributed by atoms with Crippen LogP contribution >= 0.6 is 0 Å². The molecule has 0 aromatic carbocycles. The lowest BCUT2D eigenvalue weighted by molar-refractivity contribution is -0.120. The normalized spacial score (nSPS) is 24.2. The zero-order chi connectivity index (χ0) is 13.4. The Bertz CT molecular complexity index is 244. The minimum atomic E-state index is -0.134. The van der Waals surface area contributed by atoms with Gasteiger partial charge in [-0.25, -0.2) is 0 Å². The number of aliphatic hydroxyl groups is 1. The smallest absolute Gasteiger partial charge is 0.233 e. The van der Waals surface area contributed by atoms with Gasteiger partial charge >= 0.3 is 0 Å². The molecule has 0 aliphatic heterocycles. The molecule has 0 bridgehead atoms. The SMILES string of the molecule is CC(C)CCNC(=O)CNCC1CCCC(O)C1. The molecule has 1 aliphatic rings. The van der Waals surface area contributed by atoms with Gasteiger partial charge in [-0.3, -0.25) is 4.79 Å². The van der Waals surface area contributed by atoms with Crippen molar-refractivity contribution in [2.24, 2.45) is 11.8 Å². The van der Waals surface area contributed by atoms with E-state index < -0.39 is 0 Å². The van der Waals surface area contributed by atoms with Crippen LogP contribution in [0.15, 0.2) is 0 Å². The summed E-state index contributed by atoms with van der Waals surface area (Å²) in [6.45, 7) is 6.30. The van der Waals surface area contributed by atoms with Crippen LogP contribution in [0.25, 0.3) is 0 Å². The van der Waals surface area contributed by atoms with Gasteiger partial charge in [-0.1, -0.05) is 20.3 Å². The van der Waals surface area contributed by atoms with E-state index in [2.05, 4.69) is 24.5 Å². The van der Waals surface area contributed by atoms with E-state index in [1.54, 1.807) is 0 Å². The van der Waals surface area contributed by atoms with Crippen LogP contribution in [-0.2, 0) is 4.79 Å². The molecule has 3 N–H and O–H groups in total. The maximum absolute atomic E-state index is 11.5. The van der Waals surface area contributed by atoms with Gasteiger partial charge in [0.25, 0.3) is 0 Å². The lowest BCUT2D eigenvalue weighted by Gasteiger charge is -2.25. The topological polar surface area (TPSA) is 61.4 Å². The van der Waals surface area contributed by atoms with Crippen molar-refractivity contribution in [2.75, 3.05) is 19.6 Å². The molecular formula is C14H28N2O2. The van der Waals surface area contributed by atoms with Crippen molar-refractivity contribution < 1.29 is 9.90 Å². The first-order chi connectivity index (χ1) is 8.58. The molecule has 0 saturated heterocycles. The largest absolute Gasteiger partial charge is 0.393 e. The Morgan fingerprint density at radius 3 is 2.83 bits per heavy atom. The molecule has 1 saturated carbocycles. The van der Waals surface area contributed by atoms with Crippen LogP contribution in [-0.4, -0.2) is 36.8 Å². The van der Waals surface area contributed by atoms with Crippen molar-refractivity contribution in [3.05, 3.63) is 0 Å². The lowest BCUT2D eigenvalue weighted by atomic mass is 9.87. The van der Waals surface area contributed by atoms with Crippen LogP contribution < -0.4 is 10.6 Å². The Morgan fingerprint density at radius 1 is 1.39 bits per heavy atom. The Morgan fingerprint density at radius 2 is 2.17 bits per heavy atom. The van der Waals surface area contributed by atoms with E-state index in [0.29, 0.717) is 18.4 Å². The summed E-state index contributed by atoms with van der Waals surface area (Å²) >= 11 is 0. The average molecular weight is 256 g/mol. The Labute approximate surface area is 111 Å². The third-order valence-corrected chi connectivity index (χ3v) is 3.52. The molecular weight excluding hydrogens is 228 g/mol. The fourth-order valence-corrected chi connectivity index (χ4v) is 2.40. The summed E-state index contributed by atoms with van der Waals surface area (Å²) in [5, 5.41) is 15.6. The van der Waals surface area contributed by atoms with E-state index in [1.807, 2.05) is 0 Å². The molecule has 4 nitrogen and oxygen atoms in total. The van der Waals surface area contributed by atoms with Gasteiger partial charge in [-0.05, 0) is 44.1 Å². The summed E-state index contributed by atoms with van der Waals surface area (Å²) in [6, 6.07) is 0. The number of amides is 1. The predicted molar refractivity (Wildman–Crippen MR) is 73.3 cm³/mol. The standard InChI is InChI=1S/C14H28N2O2/c1-11(2)6-7-16-14(18)10-15-9-12-4-3-5-13(17)8-12/h11-13,15,17H,3-10H2,1-2H3,(H,16,18). The molecule has 106 valence electrons. The van der Waals surface area contributed by atoms with Crippen molar-refractivity contribution >= 4 is 5.91 Å². The first-order valence-electron chi connectivity index (χ1n) is 7.23. The number of rotatable bonds is 7. The van der Waals surface area contributed by atoms with Crippen molar-refractivity contribution in [2.45, 2.75) is 52.1 Å². The van der Waals surface area contributed by atoms with Crippen LogP contribution in [0.3, 0.4) is 0 Å². The van der Waals surface area contributed by atoms with Crippen LogP contribution in [0.4, 0.5) is 0 Å². The predicted octanol–water partition coefficient (Wildman–Crippen LogP) is 1.29. The van der Waals surface area contributed by atoms with Crippen LogP contribution in [0.1, 0.15) is 46.0 Å². The van der Waals surface area contributed by atoms with Gasteiger partial charge in [0.2, 0.25) is 5.91 Å². The van der Waals surface area contributed by atoms with Crippen LogP contribution in [0.2, 0.25) is 0 Å². The number of carbonyl (C=O) groups is 1. The Hall–Kier alpha value is -0.610. The molecule has 0 aromatic rings. The molecule has 0 aromatic heterocycles. The molecule has 1 amide bonds. The Kier molecular flexibility index (Phi) is 7.28. The van der Waals surface area contributed by atoms with Crippen molar-refractivity contribution in [1.82, 2.24) is 10.6 Å². The average Bonchev–Trinajstić information content (AvgIpc) is 2.28. The molecule has 1 fully saturated rings. The summed E-state index contributed by atoms with van der Waals surface area (Å²) in [6.07, 6.45) is 4.98. The number of carbonyl (C=O) groups excluding carboxylic acids is 1. The quantitative estimate of drug-likeness (QED) is 0.643. The van der Waals surface area contributed by atoms with Crippen LogP contribution in [0.5, 0.6) is 0 Å². The fraction of sp³-hybridized carbons (Fsp3) is 0.929. The summed E-state index contributed by atoms with van der Waals surface area (Å²) < 4.78 is 0. The summed E-state index contributed by atoms with van der Waals surface area (Å²) in [5.41, 5.74) is 0. The van der Waals surface area contributed by atoms with Gasteiger partial charge in [0, 0.05) is 6.54 Å². The van der Waals surface area contributed by atoms with Gasteiger partial charge in [-0.2, -0.15) is 0 Å². The lowest BCUT2D eigenvalue weighted by Crippen LogP contribution is -2.37. The third kappa shape index (κ3) is 6.97. The molecule has 0 heterocycles. The highest BCUT2D eigenvalue weighted by atomic mass is 16.3. The maximum atomic E-state index is 11.5. The molecule has 0 spiro atoms. The molecule has 18 heavy (non-hydrogen) atoms. The second-order valence-corrected chi connectivity index (χ2v) is 5.85. The van der Waals surface area contributed by atoms with Gasteiger partial charge in [0.05, 0.1) is 12.6 Å². The first kappa shape index (κ1) is 15.4. The molecule has 2 atom stereocenters. The maximum Gasteiger partial charge on any atom is 0.233 e. The highest BCUT2D eigenvalue weighted by Crippen LogP contribution is 2.23. The van der Waals surface area contributed by atoms with Gasteiger partial charge in [0.15, 0.2) is 0 Å². The van der Waals surface area contributed by atoms with E-state index in [0.717, 1.165) is 38.8 Å². The van der Waals surface area contributed by atoms with Gasteiger partial charge in [-0.15, -0.1) is 0 Å². The number of aliphatic hydroxyl groups excluding tert-OH is 1. The van der Waals surface area contributed by atoms with Gasteiger partial charge in [0.1, 0.15) is 0 Å². The number of hydrogen-bond donors (Lipinski definition) is 3. The second kappa shape index (κ2) is 8.48. The number of nitrogens with one attached hydrogen (secondary N) is 2. The molecule has 4 heteroatoms. The monoisotopic (exact) mass is 256 g/mol. The number of hydrogen-bond acceptors (Lipinski definition) is 3. The van der Waals surface area contributed by atoms with Crippen molar-refractivity contribution in [3.63, 3.8) is 0 Å². The Balaban J connectivity index is 2.01. The van der Waals surface area contributed by atoms with Crippen molar-refractivity contribution in [3.8, 4) is 0 Å². The highest BCUT2D eigenvalue weighted by Gasteiger charge is 2.19. The van der Waals surface area contributed by atoms with E-state index in [1.165, 1.54) is 6.42 Å². The molecule has 2 unspecified atom stereocenters. The van der Waals surface area contributed by atoms with E-state index in [9.17, 15) is 9.90 Å². The zero-order valence-corrected chi connectivity index (χ0v) is 11.7. The molecule has 1 rings (SSSR count). The second-order valence-electron chi connectivity index (χ2n) is 5.85. The van der Waals surface area contributed by atoms with Crippen molar-refractivity contribution in [1.29, 1.82) is 0 Å².